The van der Waals surface area contributed by atoms with Crippen molar-refractivity contribution in [3.8, 4) is 0 Å². The first-order chi connectivity index (χ1) is 5.25. The van der Waals surface area contributed by atoms with Crippen molar-refractivity contribution in [2.75, 3.05) is 0 Å². The quantitative estimate of drug-likeness (QED) is 0.627. The smallest absolute Gasteiger partial charge is 0.0656 e. The van der Waals surface area contributed by atoms with Crippen LogP contribution >= 0.6 is 0 Å². The molecule has 1 aromatic rings. The lowest BCUT2D eigenvalue weighted by atomic mass is 10.1. The van der Waals surface area contributed by atoms with Gasteiger partial charge in [0.25, 0.3) is 0 Å². The van der Waals surface area contributed by atoms with Crippen molar-refractivity contribution in [2.45, 2.75) is 26.2 Å². The summed E-state index contributed by atoms with van der Waals surface area (Å²) in [6.07, 6.45) is 6.12. The van der Waals surface area contributed by atoms with Crippen molar-refractivity contribution in [1.82, 2.24) is 9.78 Å². The van der Waals surface area contributed by atoms with Crippen LogP contribution in [0.25, 0.3) is 0 Å². The van der Waals surface area contributed by atoms with Gasteiger partial charge in [-0.15, -0.1) is 0 Å². The van der Waals surface area contributed by atoms with Crippen LogP contribution < -0.4 is 0 Å². The van der Waals surface area contributed by atoms with Gasteiger partial charge in [0.15, 0.2) is 0 Å². The number of aromatic nitrogens is 2. The summed E-state index contributed by atoms with van der Waals surface area (Å²) in [5.74, 6) is 0.948. The predicted molar refractivity (Wildman–Crippen MR) is 44.4 cm³/mol. The minimum atomic E-state index is 0.948. The third-order valence-electron chi connectivity index (χ3n) is 2.29. The van der Waals surface area contributed by atoms with Crippen LogP contribution in [0.1, 0.15) is 24.1 Å². The number of aryl methyl sites for hydroxylation is 2. The molecule has 0 aromatic carbocycles. The second-order valence-electron chi connectivity index (χ2n) is 3.58. The van der Waals surface area contributed by atoms with Crippen LogP contribution in [0, 0.1) is 12.8 Å². The third kappa shape index (κ3) is 1.44. The van der Waals surface area contributed by atoms with Crippen LogP contribution in [0.2, 0.25) is 0 Å². The van der Waals surface area contributed by atoms with Gasteiger partial charge in [-0.05, 0) is 37.7 Å². The fraction of sp³-hybridized carbons (Fsp3) is 0.667. The molecule has 1 aromatic heterocycles. The van der Waals surface area contributed by atoms with E-state index in [-0.39, 0.29) is 0 Å². The first-order valence-corrected chi connectivity index (χ1v) is 4.25. The molecule has 0 saturated heterocycles. The number of hydrogen-bond acceptors (Lipinski definition) is 1. The molecule has 11 heavy (non-hydrogen) atoms. The van der Waals surface area contributed by atoms with Gasteiger partial charge >= 0.3 is 0 Å². The molecule has 1 aliphatic carbocycles. The Balaban J connectivity index is 2.14. The molecule has 0 spiro atoms. The molecule has 1 heterocycles. The van der Waals surface area contributed by atoms with Crippen molar-refractivity contribution in [3.63, 3.8) is 0 Å². The van der Waals surface area contributed by atoms with Gasteiger partial charge in [-0.2, -0.15) is 5.10 Å². The van der Waals surface area contributed by atoms with Crippen LogP contribution in [0.15, 0.2) is 6.20 Å². The molecule has 1 aliphatic rings. The maximum absolute atomic E-state index is 4.41. The monoisotopic (exact) mass is 150 g/mol. The van der Waals surface area contributed by atoms with Gasteiger partial charge in [-0.1, -0.05) is 0 Å². The zero-order valence-electron chi connectivity index (χ0n) is 7.17. The molecule has 2 heteroatoms. The summed E-state index contributed by atoms with van der Waals surface area (Å²) in [6.45, 7) is 2.14. The lowest BCUT2D eigenvalue weighted by molar-refractivity contribution is 0.716. The van der Waals surface area contributed by atoms with Gasteiger partial charge in [-0.3, -0.25) is 4.68 Å². The van der Waals surface area contributed by atoms with Gasteiger partial charge in [0.05, 0.1) is 5.69 Å². The average Bonchev–Trinajstić information content (AvgIpc) is 2.64. The van der Waals surface area contributed by atoms with E-state index in [1.165, 1.54) is 30.5 Å². The first kappa shape index (κ1) is 6.89. The fourth-order valence-electron chi connectivity index (χ4n) is 1.45. The summed E-state index contributed by atoms with van der Waals surface area (Å²) in [5, 5.41) is 4.41. The van der Waals surface area contributed by atoms with E-state index < -0.39 is 0 Å². The topological polar surface area (TPSA) is 17.8 Å². The van der Waals surface area contributed by atoms with Gasteiger partial charge in [-0.25, -0.2) is 0 Å². The second-order valence-corrected chi connectivity index (χ2v) is 3.58. The minimum Gasteiger partial charge on any atom is -0.275 e. The first-order valence-electron chi connectivity index (χ1n) is 4.25. The van der Waals surface area contributed by atoms with E-state index >= 15 is 0 Å². The Hall–Kier alpha value is -0.790. The van der Waals surface area contributed by atoms with E-state index in [4.69, 9.17) is 0 Å². The summed E-state index contributed by atoms with van der Waals surface area (Å²) in [6, 6.07) is 0. The van der Waals surface area contributed by atoms with Crippen LogP contribution in [-0.4, -0.2) is 9.78 Å². The molecule has 0 atom stereocenters. The van der Waals surface area contributed by atoms with E-state index in [1.54, 1.807) is 0 Å². The summed E-state index contributed by atoms with van der Waals surface area (Å²) in [5.41, 5.74) is 2.65. The molecule has 60 valence electrons. The highest BCUT2D eigenvalue weighted by molar-refractivity contribution is 5.15. The number of rotatable bonds is 2. The van der Waals surface area contributed by atoms with Crippen LogP contribution in [0.4, 0.5) is 0 Å². The van der Waals surface area contributed by atoms with Crippen molar-refractivity contribution in [2.24, 2.45) is 13.0 Å². The summed E-state index contributed by atoms with van der Waals surface area (Å²) in [4.78, 5) is 0. The van der Waals surface area contributed by atoms with Crippen molar-refractivity contribution in [1.29, 1.82) is 0 Å². The Morgan fingerprint density at radius 2 is 2.36 bits per heavy atom. The molecule has 0 amide bonds. The normalized spacial score (nSPS) is 17.3. The molecule has 0 bridgehead atoms. The van der Waals surface area contributed by atoms with E-state index in [9.17, 15) is 0 Å². The maximum atomic E-state index is 4.41. The summed E-state index contributed by atoms with van der Waals surface area (Å²) < 4.78 is 1.91. The average molecular weight is 150 g/mol. The van der Waals surface area contributed by atoms with Gasteiger partial charge in [0, 0.05) is 13.2 Å². The Kier molecular flexibility index (Phi) is 1.48. The Morgan fingerprint density at radius 1 is 1.64 bits per heavy atom. The molecule has 2 nitrogen and oxygen atoms in total. The molecule has 0 N–H and O–H groups in total. The lowest BCUT2D eigenvalue weighted by Crippen LogP contribution is -1.92. The Morgan fingerprint density at radius 3 is 2.82 bits per heavy atom. The predicted octanol–water partition coefficient (Wildman–Crippen LogP) is 1.68. The van der Waals surface area contributed by atoms with Crippen LogP contribution in [0.3, 0.4) is 0 Å². The number of nitrogens with zero attached hydrogens (tertiary/aromatic N) is 2. The standard InChI is InChI=1S/C9H14N2/c1-7-6-11(2)10-9(7)5-8-3-4-8/h6,8H,3-5H2,1-2H3. The highest BCUT2D eigenvalue weighted by Crippen LogP contribution is 2.32. The van der Waals surface area contributed by atoms with Crippen molar-refractivity contribution >= 4 is 0 Å². The number of hydrogen-bond donors (Lipinski definition) is 0. The van der Waals surface area contributed by atoms with E-state index in [2.05, 4.69) is 18.2 Å². The molecule has 2 rings (SSSR count). The van der Waals surface area contributed by atoms with Gasteiger partial charge in [0.2, 0.25) is 0 Å². The maximum Gasteiger partial charge on any atom is 0.0656 e. The SMILES string of the molecule is Cc1cn(C)nc1CC1CC1. The fourth-order valence-corrected chi connectivity index (χ4v) is 1.45. The van der Waals surface area contributed by atoms with Crippen molar-refractivity contribution in [3.05, 3.63) is 17.5 Å². The Labute approximate surface area is 67.2 Å². The zero-order valence-corrected chi connectivity index (χ0v) is 7.17. The Bertz CT molecular complexity index is 259. The summed E-state index contributed by atoms with van der Waals surface area (Å²) >= 11 is 0. The molecule has 1 fully saturated rings. The van der Waals surface area contributed by atoms with E-state index in [0.717, 1.165) is 5.92 Å². The second kappa shape index (κ2) is 2.36. The molecule has 1 saturated carbocycles. The lowest BCUT2D eigenvalue weighted by Gasteiger charge is -1.92. The largest absolute Gasteiger partial charge is 0.275 e. The highest BCUT2D eigenvalue weighted by atomic mass is 15.2. The summed E-state index contributed by atoms with van der Waals surface area (Å²) in [7, 11) is 1.99. The van der Waals surface area contributed by atoms with Crippen molar-refractivity contribution < 1.29 is 0 Å². The van der Waals surface area contributed by atoms with E-state index in [1.807, 2.05) is 11.7 Å². The van der Waals surface area contributed by atoms with Gasteiger partial charge in [0.1, 0.15) is 0 Å². The highest BCUT2D eigenvalue weighted by Gasteiger charge is 2.23. The molecular formula is C9H14N2. The molecular weight excluding hydrogens is 136 g/mol. The molecule has 0 radical (unpaired) electrons. The molecule has 0 unspecified atom stereocenters. The molecule has 0 aliphatic heterocycles. The minimum absolute atomic E-state index is 0.948. The van der Waals surface area contributed by atoms with Crippen LogP contribution in [0.5, 0.6) is 0 Å². The van der Waals surface area contributed by atoms with Gasteiger partial charge < -0.3 is 0 Å². The third-order valence-corrected chi connectivity index (χ3v) is 2.29. The van der Waals surface area contributed by atoms with E-state index in [0.29, 0.717) is 0 Å². The van der Waals surface area contributed by atoms with Crippen LogP contribution in [-0.2, 0) is 13.5 Å². The zero-order chi connectivity index (χ0) is 7.84.